The van der Waals surface area contributed by atoms with Crippen LogP contribution in [-0.4, -0.2) is 24.3 Å². The molecule has 6 fully saturated rings. The Labute approximate surface area is 221 Å². The van der Waals surface area contributed by atoms with Gasteiger partial charge in [0, 0.05) is 12.3 Å². The highest BCUT2D eigenvalue weighted by Crippen LogP contribution is 2.89. The molecule has 2 spiro atoms. The molecule has 1 aliphatic heterocycles. The third kappa shape index (κ3) is 3.10. The van der Waals surface area contributed by atoms with E-state index in [-0.39, 0.29) is 23.1 Å². The zero-order valence-corrected chi connectivity index (χ0v) is 24.7. The molecule has 0 radical (unpaired) electrons. The number of carbonyl (C=O) groups excluding carboxylic acids is 1. The summed E-state index contributed by atoms with van der Waals surface area (Å²) in [6, 6.07) is 0. The first kappa shape index (κ1) is 25.7. The zero-order valence-electron chi connectivity index (χ0n) is 24.7. The van der Waals surface area contributed by atoms with Crippen molar-refractivity contribution in [2.45, 2.75) is 138 Å². The van der Waals surface area contributed by atoms with Crippen LogP contribution in [0.1, 0.15) is 126 Å². The summed E-state index contributed by atoms with van der Waals surface area (Å²) in [5, 5.41) is 0. The van der Waals surface area contributed by atoms with Gasteiger partial charge in [-0.3, -0.25) is 4.79 Å². The van der Waals surface area contributed by atoms with E-state index in [1.165, 1.54) is 64.2 Å². The Morgan fingerprint density at radius 2 is 1.56 bits per heavy atom. The zero-order chi connectivity index (χ0) is 25.9. The fraction of sp³-hybridized carbons (Fsp3) is 0.970. The van der Waals surface area contributed by atoms with Crippen molar-refractivity contribution in [3.63, 3.8) is 0 Å². The summed E-state index contributed by atoms with van der Waals surface area (Å²) in [5.41, 5.74) is 2.37. The Hall–Kier alpha value is -0.570. The molecule has 3 heteroatoms. The van der Waals surface area contributed by atoms with Gasteiger partial charge in [-0.25, -0.2) is 0 Å². The Morgan fingerprint density at radius 3 is 2.19 bits per heavy atom. The van der Waals surface area contributed by atoms with Gasteiger partial charge in [0.2, 0.25) is 0 Å². The second-order valence-electron chi connectivity index (χ2n) is 16.1. The maximum absolute atomic E-state index is 11.9. The van der Waals surface area contributed by atoms with Crippen LogP contribution >= 0.6 is 0 Å². The van der Waals surface area contributed by atoms with E-state index in [2.05, 4.69) is 48.5 Å². The molecule has 1 heterocycles. The lowest BCUT2D eigenvalue weighted by Gasteiger charge is -2.63. The molecule has 6 rings (SSSR count). The number of hydrogen-bond donors (Lipinski definition) is 0. The minimum absolute atomic E-state index is 0.0946. The number of carbonyl (C=O) groups is 1. The lowest BCUT2D eigenvalue weighted by molar-refractivity contribution is -0.181. The van der Waals surface area contributed by atoms with Crippen LogP contribution in [-0.2, 0) is 14.3 Å². The highest BCUT2D eigenvalue weighted by atomic mass is 16.6. The molecule has 5 saturated carbocycles. The monoisotopic (exact) mass is 498 g/mol. The highest BCUT2D eigenvalue weighted by molar-refractivity contribution is 5.66. The van der Waals surface area contributed by atoms with Gasteiger partial charge in [-0.2, -0.15) is 0 Å². The predicted molar refractivity (Wildman–Crippen MR) is 144 cm³/mol. The summed E-state index contributed by atoms with van der Waals surface area (Å²) >= 11 is 0. The minimum Gasteiger partial charge on any atom is -0.462 e. The van der Waals surface area contributed by atoms with Crippen LogP contribution in [0.3, 0.4) is 0 Å². The molecule has 1 saturated heterocycles. The Morgan fingerprint density at radius 1 is 0.889 bits per heavy atom. The number of esters is 1. The van der Waals surface area contributed by atoms with E-state index in [0.717, 1.165) is 30.8 Å². The highest BCUT2D eigenvalue weighted by Gasteiger charge is 2.82. The fourth-order valence-electron chi connectivity index (χ4n) is 12.2. The number of fused-ring (bicyclic) bond motifs is 2. The van der Waals surface area contributed by atoms with Gasteiger partial charge < -0.3 is 9.47 Å². The van der Waals surface area contributed by atoms with Crippen molar-refractivity contribution in [1.82, 2.24) is 0 Å². The second-order valence-corrected chi connectivity index (χ2v) is 16.1. The molecule has 0 aromatic carbocycles. The first-order valence-electron chi connectivity index (χ1n) is 15.6. The van der Waals surface area contributed by atoms with Crippen molar-refractivity contribution in [1.29, 1.82) is 0 Å². The topological polar surface area (TPSA) is 38.8 Å². The van der Waals surface area contributed by atoms with Crippen molar-refractivity contribution >= 4 is 5.97 Å². The first-order chi connectivity index (χ1) is 16.8. The average Bonchev–Trinajstić information content (AvgIpc) is 3.69. The molecule has 4 unspecified atom stereocenters. The Kier molecular flexibility index (Phi) is 5.54. The van der Waals surface area contributed by atoms with Crippen LogP contribution < -0.4 is 0 Å². The number of epoxide rings is 1. The van der Waals surface area contributed by atoms with Gasteiger partial charge in [-0.15, -0.1) is 0 Å². The van der Waals surface area contributed by atoms with E-state index in [1.807, 2.05) is 0 Å². The summed E-state index contributed by atoms with van der Waals surface area (Å²) in [5.74, 6) is 3.83. The van der Waals surface area contributed by atoms with Crippen molar-refractivity contribution in [3.05, 3.63) is 0 Å². The summed E-state index contributed by atoms with van der Waals surface area (Å²) in [6.45, 7) is 20.2. The average molecular weight is 499 g/mol. The summed E-state index contributed by atoms with van der Waals surface area (Å²) in [6.07, 6.45) is 15.0. The van der Waals surface area contributed by atoms with Gasteiger partial charge >= 0.3 is 5.97 Å². The van der Waals surface area contributed by atoms with Gasteiger partial charge in [-0.05, 0) is 122 Å². The van der Waals surface area contributed by atoms with Crippen LogP contribution in [0.4, 0.5) is 0 Å². The van der Waals surface area contributed by atoms with Gasteiger partial charge in [0.1, 0.15) is 6.10 Å². The van der Waals surface area contributed by atoms with Gasteiger partial charge in [0.25, 0.3) is 0 Å². The molecule has 6 aliphatic rings. The molecule has 0 aromatic rings. The second kappa shape index (κ2) is 7.76. The van der Waals surface area contributed by atoms with Crippen molar-refractivity contribution in [2.24, 2.45) is 56.7 Å². The quantitative estimate of drug-likeness (QED) is 0.274. The SMILES string of the molecule is CC(=O)O[C@H]1CC[C@]23C[C@]24CC[C@]2(C)C([C@H](C)CCC5(C(C)C)CO5)CC[C@@]2(C)C4CCC3C1(C)C. The van der Waals surface area contributed by atoms with E-state index in [4.69, 9.17) is 9.47 Å². The maximum atomic E-state index is 11.9. The van der Waals surface area contributed by atoms with Gasteiger partial charge in [0.15, 0.2) is 0 Å². The van der Waals surface area contributed by atoms with E-state index < -0.39 is 0 Å². The normalized spacial score (nSPS) is 53.0. The van der Waals surface area contributed by atoms with Crippen LogP contribution in [0.25, 0.3) is 0 Å². The minimum atomic E-state index is -0.0946. The molecule has 0 amide bonds. The standard InChI is InChI=1S/C33H54O3/c1-21(2)33(20-35-33)16-11-22(3)24-12-14-30(8)26-10-9-25-28(5,6)27(36-23(4)34)13-15-31(25)19-32(26,31)18-17-29(24,30)7/h21-22,24-27H,9-20H2,1-8H3/t22-,24?,25?,26?,27+,29-,30+,31-,32+,33?/m1/s1. The molecule has 36 heavy (non-hydrogen) atoms. The van der Waals surface area contributed by atoms with Crippen LogP contribution in [0, 0.1) is 56.7 Å². The van der Waals surface area contributed by atoms with Gasteiger partial charge in [-0.1, -0.05) is 48.5 Å². The molecule has 3 nitrogen and oxygen atoms in total. The van der Waals surface area contributed by atoms with Crippen LogP contribution in [0.5, 0.6) is 0 Å². The maximum Gasteiger partial charge on any atom is 0.302 e. The summed E-state index contributed by atoms with van der Waals surface area (Å²) in [7, 11) is 0. The summed E-state index contributed by atoms with van der Waals surface area (Å²) < 4.78 is 11.9. The molecule has 0 N–H and O–H groups in total. The molecule has 0 bridgehead atoms. The molecular weight excluding hydrogens is 444 g/mol. The third-order valence-electron chi connectivity index (χ3n) is 14.7. The largest absolute Gasteiger partial charge is 0.462 e. The van der Waals surface area contributed by atoms with E-state index in [1.54, 1.807) is 6.92 Å². The number of hydrogen-bond acceptors (Lipinski definition) is 3. The fourth-order valence-corrected chi connectivity index (χ4v) is 12.2. The lowest BCUT2D eigenvalue weighted by Crippen LogP contribution is -2.58. The predicted octanol–water partition coefficient (Wildman–Crippen LogP) is 8.20. The molecule has 204 valence electrons. The number of ether oxygens (including phenoxy) is 2. The smallest absolute Gasteiger partial charge is 0.302 e. The van der Waals surface area contributed by atoms with E-state index in [9.17, 15) is 4.79 Å². The first-order valence-corrected chi connectivity index (χ1v) is 15.6. The van der Waals surface area contributed by atoms with Crippen molar-refractivity contribution < 1.29 is 14.3 Å². The van der Waals surface area contributed by atoms with Crippen molar-refractivity contribution in [2.75, 3.05) is 6.61 Å². The molecule has 5 aliphatic carbocycles. The lowest BCUT2D eigenvalue weighted by atomic mass is 9.41. The van der Waals surface area contributed by atoms with Gasteiger partial charge in [0.05, 0.1) is 12.2 Å². The molecular formula is C33H54O3. The van der Waals surface area contributed by atoms with Crippen LogP contribution in [0.15, 0.2) is 0 Å². The molecule has 0 aromatic heterocycles. The van der Waals surface area contributed by atoms with E-state index >= 15 is 0 Å². The Balaban J connectivity index is 1.22. The summed E-state index contributed by atoms with van der Waals surface area (Å²) in [4.78, 5) is 11.9. The van der Waals surface area contributed by atoms with E-state index in [0.29, 0.717) is 33.5 Å². The molecule has 10 atom stereocenters. The third-order valence-corrected chi connectivity index (χ3v) is 14.7. The van der Waals surface area contributed by atoms with Crippen LogP contribution in [0.2, 0.25) is 0 Å². The van der Waals surface area contributed by atoms with Crippen molar-refractivity contribution in [3.8, 4) is 0 Å². The number of rotatable bonds is 6. The Bertz CT molecular complexity index is 918.